The first-order valence-electron chi connectivity index (χ1n) is 8.82. The number of nitrogens with zero attached hydrogens (tertiary/aromatic N) is 3. The molecule has 5 nitrogen and oxygen atoms in total. The van der Waals surface area contributed by atoms with Gasteiger partial charge in [-0.25, -0.2) is 0 Å². The Morgan fingerprint density at radius 1 is 1.14 bits per heavy atom. The monoisotopic (exact) mass is 437 g/mol. The van der Waals surface area contributed by atoms with Gasteiger partial charge in [-0.05, 0) is 49.7 Å². The predicted molar refractivity (Wildman–Crippen MR) is 114 cm³/mol. The summed E-state index contributed by atoms with van der Waals surface area (Å²) in [5.41, 5.74) is 1.16. The molecule has 0 spiro atoms. The molecule has 1 atom stereocenters. The summed E-state index contributed by atoms with van der Waals surface area (Å²) in [6.45, 7) is 4.73. The van der Waals surface area contributed by atoms with Gasteiger partial charge >= 0.3 is 0 Å². The highest BCUT2D eigenvalue weighted by Gasteiger charge is 2.19. The summed E-state index contributed by atoms with van der Waals surface area (Å²) in [4.78, 5) is 0. The SMILES string of the molecule is CCn1c(SCc2cccc(OC)c2)nnc1C(C)Oc1ccc(Cl)cc1Cl. The molecule has 148 valence electrons. The van der Waals surface area contributed by atoms with Gasteiger partial charge in [-0.15, -0.1) is 10.2 Å². The van der Waals surface area contributed by atoms with Gasteiger partial charge in [0.2, 0.25) is 0 Å². The van der Waals surface area contributed by atoms with Crippen LogP contribution in [0.3, 0.4) is 0 Å². The van der Waals surface area contributed by atoms with Crippen LogP contribution >= 0.6 is 35.0 Å². The van der Waals surface area contributed by atoms with E-state index >= 15 is 0 Å². The van der Waals surface area contributed by atoms with Crippen molar-refractivity contribution in [1.82, 2.24) is 14.8 Å². The van der Waals surface area contributed by atoms with E-state index in [-0.39, 0.29) is 6.10 Å². The van der Waals surface area contributed by atoms with Crippen LogP contribution in [0.15, 0.2) is 47.6 Å². The number of rotatable bonds is 8. The number of hydrogen-bond donors (Lipinski definition) is 0. The molecule has 2 aromatic carbocycles. The molecule has 1 heterocycles. The van der Waals surface area contributed by atoms with Gasteiger partial charge < -0.3 is 14.0 Å². The average Bonchev–Trinajstić information content (AvgIpc) is 3.11. The lowest BCUT2D eigenvalue weighted by Gasteiger charge is -2.16. The predicted octanol–water partition coefficient (Wildman–Crippen LogP) is 6.05. The van der Waals surface area contributed by atoms with Crippen LogP contribution in [-0.2, 0) is 12.3 Å². The standard InChI is InChI=1S/C20H21Cl2N3O2S/c1-4-25-19(13(2)27-18-9-8-15(21)11-17(18)22)23-24-20(25)28-12-14-6-5-7-16(10-14)26-3/h5-11,13H,4,12H2,1-3H3. The van der Waals surface area contributed by atoms with Crippen molar-refractivity contribution in [2.24, 2.45) is 0 Å². The minimum absolute atomic E-state index is 0.308. The number of aromatic nitrogens is 3. The van der Waals surface area contributed by atoms with Crippen LogP contribution in [0.2, 0.25) is 10.0 Å². The molecule has 0 aliphatic heterocycles. The molecular weight excluding hydrogens is 417 g/mol. The maximum absolute atomic E-state index is 6.22. The van der Waals surface area contributed by atoms with Crippen LogP contribution in [0.5, 0.6) is 11.5 Å². The number of benzene rings is 2. The van der Waals surface area contributed by atoms with E-state index in [2.05, 4.69) is 27.8 Å². The summed E-state index contributed by atoms with van der Waals surface area (Å²) >= 11 is 13.8. The Hall–Kier alpha value is -1.89. The van der Waals surface area contributed by atoms with Gasteiger partial charge in [0, 0.05) is 17.3 Å². The molecule has 0 saturated heterocycles. The van der Waals surface area contributed by atoms with Crippen molar-refractivity contribution in [2.45, 2.75) is 37.4 Å². The van der Waals surface area contributed by atoms with E-state index < -0.39 is 0 Å². The molecule has 8 heteroatoms. The maximum Gasteiger partial charge on any atom is 0.191 e. The number of methoxy groups -OCH3 is 1. The molecule has 0 saturated carbocycles. The van der Waals surface area contributed by atoms with Crippen molar-refractivity contribution >= 4 is 35.0 Å². The average molecular weight is 438 g/mol. The molecule has 0 N–H and O–H groups in total. The first-order chi connectivity index (χ1) is 13.5. The Labute approximate surface area is 179 Å². The normalized spacial score (nSPS) is 12.0. The third-order valence-corrected chi connectivity index (χ3v) is 5.69. The highest BCUT2D eigenvalue weighted by Crippen LogP contribution is 2.32. The molecule has 1 aromatic heterocycles. The fraction of sp³-hybridized carbons (Fsp3) is 0.300. The molecule has 0 aliphatic carbocycles. The Bertz CT molecular complexity index is 949. The minimum Gasteiger partial charge on any atom is -0.497 e. The number of hydrogen-bond acceptors (Lipinski definition) is 5. The van der Waals surface area contributed by atoms with Crippen LogP contribution in [0, 0.1) is 0 Å². The van der Waals surface area contributed by atoms with Crippen molar-refractivity contribution in [2.75, 3.05) is 7.11 Å². The van der Waals surface area contributed by atoms with E-state index in [9.17, 15) is 0 Å². The van der Waals surface area contributed by atoms with E-state index in [0.29, 0.717) is 15.8 Å². The second-order valence-electron chi connectivity index (χ2n) is 6.06. The van der Waals surface area contributed by atoms with Gasteiger partial charge in [-0.1, -0.05) is 47.1 Å². The van der Waals surface area contributed by atoms with Crippen LogP contribution in [0.25, 0.3) is 0 Å². The largest absolute Gasteiger partial charge is 0.497 e. The topological polar surface area (TPSA) is 49.2 Å². The maximum atomic E-state index is 6.22. The van der Waals surface area contributed by atoms with Gasteiger partial charge in [0.15, 0.2) is 17.1 Å². The third-order valence-electron chi connectivity index (χ3n) is 4.13. The highest BCUT2D eigenvalue weighted by atomic mass is 35.5. The van der Waals surface area contributed by atoms with Gasteiger partial charge in [-0.3, -0.25) is 0 Å². The smallest absolute Gasteiger partial charge is 0.191 e. The van der Waals surface area contributed by atoms with E-state index in [1.807, 2.05) is 25.1 Å². The molecule has 0 aliphatic rings. The molecular formula is C20H21Cl2N3O2S. The zero-order chi connectivity index (χ0) is 20.1. The van der Waals surface area contributed by atoms with E-state index in [1.165, 1.54) is 0 Å². The van der Waals surface area contributed by atoms with Crippen molar-refractivity contribution in [3.05, 3.63) is 63.9 Å². The quantitative estimate of drug-likeness (QED) is 0.401. The second-order valence-corrected chi connectivity index (χ2v) is 7.85. The molecule has 1 unspecified atom stereocenters. The summed E-state index contributed by atoms with van der Waals surface area (Å²) in [5.74, 6) is 2.93. The van der Waals surface area contributed by atoms with Gasteiger partial charge in [0.05, 0.1) is 12.1 Å². The van der Waals surface area contributed by atoms with Crippen molar-refractivity contribution in [3.8, 4) is 11.5 Å². The molecule has 3 aromatic rings. The van der Waals surface area contributed by atoms with Gasteiger partial charge in [0.1, 0.15) is 11.5 Å². The molecule has 0 bridgehead atoms. The van der Waals surface area contributed by atoms with E-state index in [0.717, 1.165) is 34.6 Å². The second kappa shape index (κ2) is 9.54. The Morgan fingerprint density at radius 2 is 1.96 bits per heavy atom. The summed E-state index contributed by atoms with van der Waals surface area (Å²) in [6.07, 6.45) is -0.308. The zero-order valence-corrected chi connectivity index (χ0v) is 18.2. The highest BCUT2D eigenvalue weighted by molar-refractivity contribution is 7.98. The van der Waals surface area contributed by atoms with Crippen LogP contribution < -0.4 is 9.47 Å². The van der Waals surface area contributed by atoms with Crippen molar-refractivity contribution in [1.29, 1.82) is 0 Å². The van der Waals surface area contributed by atoms with Gasteiger partial charge in [0.25, 0.3) is 0 Å². The molecule has 3 rings (SSSR count). The van der Waals surface area contributed by atoms with Crippen molar-refractivity contribution < 1.29 is 9.47 Å². The molecule has 0 fully saturated rings. The van der Waals surface area contributed by atoms with Gasteiger partial charge in [-0.2, -0.15) is 0 Å². The summed E-state index contributed by atoms with van der Waals surface area (Å²) < 4.78 is 13.3. The third kappa shape index (κ3) is 4.93. The summed E-state index contributed by atoms with van der Waals surface area (Å²) in [5, 5.41) is 10.6. The van der Waals surface area contributed by atoms with Crippen LogP contribution in [0.4, 0.5) is 0 Å². The van der Waals surface area contributed by atoms with Crippen LogP contribution in [0.1, 0.15) is 31.3 Å². The lowest BCUT2D eigenvalue weighted by Crippen LogP contribution is -2.12. The van der Waals surface area contributed by atoms with E-state index in [1.54, 1.807) is 37.1 Å². The summed E-state index contributed by atoms with van der Waals surface area (Å²) in [7, 11) is 1.67. The molecule has 28 heavy (non-hydrogen) atoms. The lowest BCUT2D eigenvalue weighted by molar-refractivity contribution is 0.210. The first kappa shape index (κ1) is 20.8. The lowest BCUT2D eigenvalue weighted by atomic mass is 10.2. The first-order valence-corrected chi connectivity index (χ1v) is 10.6. The Balaban J connectivity index is 1.73. The van der Waals surface area contributed by atoms with Crippen molar-refractivity contribution in [3.63, 3.8) is 0 Å². The number of thioether (sulfide) groups is 1. The zero-order valence-electron chi connectivity index (χ0n) is 15.9. The molecule has 0 radical (unpaired) electrons. The minimum atomic E-state index is -0.308. The fourth-order valence-corrected chi connectivity index (χ4v) is 4.13. The number of halogens is 2. The molecule has 0 amide bonds. The Kier molecular flexibility index (Phi) is 7.10. The summed E-state index contributed by atoms with van der Waals surface area (Å²) in [6, 6.07) is 13.2. The number of ether oxygens (including phenoxy) is 2. The van der Waals surface area contributed by atoms with E-state index in [4.69, 9.17) is 32.7 Å². The Morgan fingerprint density at radius 3 is 2.68 bits per heavy atom. The fourth-order valence-electron chi connectivity index (χ4n) is 2.73. The van der Waals surface area contributed by atoms with Crippen LogP contribution in [-0.4, -0.2) is 21.9 Å².